The predicted octanol–water partition coefficient (Wildman–Crippen LogP) is 0.288. The van der Waals surface area contributed by atoms with Crippen molar-refractivity contribution in [3.05, 3.63) is 24.0 Å². The molecule has 0 saturated carbocycles. The summed E-state index contributed by atoms with van der Waals surface area (Å²) in [4.78, 5) is 0.583. The van der Waals surface area contributed by atoms with Gasteiger partial charge in [-0.2, -0.15) is 0 Å². The molecule has 0 aromatic carbocycles. The summed E-state index contributed by atoms with van der Waals surface area (Å²) >= 11 is 4.70. The zero-order valence-electron chi connectivity index (χ0n) is 4.16. The zero-order chi connectivity index (χ0) is 5.98. The fraction of sp³-hybridized carbons (Fsp3) is 0. The van der Waals surface area contributed by atoms with Gasteiger partial charge in [-0.15, -0.1) is 0 Å². The average molecular weight is 125 g/mol. The molecule has 1 radical (unpaired) electrons. The third-order valence-electron chi connectivity index (χ3n) is 0.759. The van der Waals surface area contributed by atoms with Crippen molar-refractivity contribution in [1.29, 1.82) is 0 Å². The molecule has 0 bridgehead atoms. The molecular formula is C5H5N2S. The second kappa shape index (κ2) is 1.96. The Bertz CT molecular complexity index is 167. The van der Waals surface area contributed by atoms with E-state index in [9.17, 15) is 0 Å². The lowest BCUT2D eigenvalue weighted by Crippen LogP contribution is -2.11. The van der Waals surface area contributed by atoms with Crippen LogP contribution in [0.25, 0.3) is 0 Å². The van der Waals surface area contributed by atoms with Crippen LogP contribution in [-0.2, 0) is 0 Å². The van der Waals surface area contributed by atoms with E-state index in [-0.39, 0.29) is 0 Å². The number of nitrogens with two attached hydrogens (primary N) is 1. The van der Waals surface area contributed by atoms with Crippen LogP contribution in [0.4, 0.5) is 0 Å². The number of rotatable bonds is 0. The van der Waals surface area contributed by atoms with Crippen molar-refractivity contribution in [2.24, 2.45) is 5.73 Å². The SMILES string of the molecule is NC1=C[N]C(=S)C=C1. The fourth-order valence-corrected chi connectivity index (χ4v) is 0.512. The van der Waals surface area contributed by atoms with Crippen molar-refractivity contribution in [3.63, 3.8) is 0 Å². The molecule has 0 amide bonds. The summed E-state index contributed by atoms with van der Waals surface area (Å²) in [6, 6.07) is 0. The predicted molar refractivity (Wildman–Crippen MR) is 36.1 cm³/mol. The maximum Gasteiger partial charge on any atom is 0.126 e. The number of nitrogens with zero attached hydrogens (tertiary/aromatic N) is 1. The van der Waals surface area contributed by atoms with Crippen LogP contribution in [0.2, 0.25) is 0 Å². The van der Waals surface area contributed by atoms with Crippen LogP contribution in [-0.4, -0.2) is 4.99 Å². The molecule has 0 aromatic rings. The molecule has 0 fully saturated rings. The van der Waals surface area contributed by atoms with Gasteiger partial charge in [0.1, 0.15) is 4.99 Å². The minimum absolute atomic E-state index is 0.583. The molecule has 0 aliphatic carbocycles. The Balaban J connectivity index is 2.71. The number of allylic oxidation sites excluding steroid dienone is 1. The molecule has 1 heterocycles. The molecule has 0 aromatic heterocycles. The zero-order valence-corrected chi connectivity index (χ0v) is 4.98. The topological polar surface area (TPSA) is 40.1 Å². The first-order valence-electron chi connectivity index (χ1n) is 2.17. The quantitative estimate of drug-likeness (QED) is 0.473. The highest BCUT2D eigenvalue weighted by Gasteiger charge is 1.94. The van der Waals surface area contributed by atoms with Gasteiger partial charge in [-0.1, -0.05) is 12.2 Å². The summed E-state index contributed by atoms with van der Waals surface area (Å²) in [5, 5.41) is 3.77. The maximum absolute atomic E-state index is 5.32. The molecule has 0 unspecified atom stereocenters. The van der Waals surface area contributed by atoms with Gasteiger partial charge in [0.2, 0.25) is 0 Å². The minimum atomic E-state index is 0.583. The molecule has 8 heavy (non-hydrogen) atoms. The summed E-state index contributed by atoms with van der Waals surface area (Å²) in [6.07, 6.45) is 4.97. The van der Waals surface area contributed by atoms with Crippen molar-refractivity contribution in [2.45, 2.75) is 0 Å². The van der Waals surface area contributed by atoms with Crippen molar-refractivity contribution >= 4 is 17.2 Å². The van der Waals surface area contributed by atoms with Gasteiger partial charge < -0.3 is 5.73 Å². The van der Waals surface area contributed by atoms with Crippen LogP contribution in [0.1, 0.15) is 0 Å². The molecule has 2 nitrogen and oxygen atoms in total. The normalized spacial score (nSPS) is 17.5. The van der Waals surface area contributed by atoms with E-state index in [1.807, 2.05) is 0 Å². The number of thiocarbonyl (C=S) groups is 1. The van der Waals surface area contributed by atoms with E-state index in [2.05, 4.69) is 5.32 Å². The summed E-state index contributed by atoms with van der Waals surface area (Å²) < 4.78 is 0. The average Bonchev–Trinajstić information content (AvgIpc) is 1.77. The van der Waals surface area contributed by atoms with Crippen molar-refractivity contribution in [2.75, 3.05) is 0 Å². The lowest BCUT2D eigenvalue weighted by molar-refractivity contribution is 1.21. The standard InChI is InChI=1S/C5H5N2S/c6-4-1-2-5(8)7-3-4/h1-3H,6H2. The summed E-state index contributed by atoms with van der Waals surface area (Å²) in [7, 11) is 0. The van der Waals surface area contributed by atoms with Gasteiger partial charge in [0.15, 0.2) is 0 Å². The number of hydrogen-bond donors (Lipinski definition) is 1. The van der Waals surface area contributed by atoms with Crippen LogP contribution in [0.5, 0.6) is 0 Å². The Labute approximate surface area is 53.1 Å². The van der Waals surface area contributed by atoms with Crippen LogP contribution in [0.15, 0.2) is 24.0 Å². The molecule has 0 saturated heterocycles. The van der Waals surface area contributed by atoms with Gasteiger partial charge in [0.25, 0.3) is 0 Å². The summed E-state index contributed by atoms with van der Waals surface area (Å²) in [6.45, 7) is 0. The Morgan fingerprint density at radius 1 is 1.50 bits per heavy atom. The molecule has 2 N–H and O–H groups in total. The van der Waals surface area contributed by atoms with E-state index < -0.39 is 0 Å². The van der Waals surface area contributed by atoms with Crippen LogP contribution < -0.4 is 11.1 Å². The van der Waals surface area contributed by atoms with Gasteiger partial charge in [-0.25, -0.2) is 5.32 Å². The molecule has 1 aliphatic heterocycles. The van der Waals surface area contributed by atoms with Crippen molar-refractivity contribution in [3.8, 4) is 0 Å². The van der Waals surface area contributed by atoms with E-state index in [4.69, 9.17) is 18.0 Å². The molecule has 41 valence electrons. The first-order valence-corrected chi connectivity index (χ1v) is 2.58. The molecule has 1 aliphatic rings. The maximum atomic E-state index is 5.32. The highest BCUT2D eigenvalue weighted by atomic mass is 32.1. The fourth-order valence-electron chi connectivity index (χ4n) is 0.392. The molecule has 3 heteroatoms. The van der Waals surface area contributed by atoms with E-state index in [0.29, 0.717) is 10.7 Å². The van der Waals surface area contributed by atoms with Gasteiger partial charge >= 0.3 is 0 Å². The van der Waals surface area contributed by atoms with E-state index >= 15 is 0 Å². The third kappa shape index (κ3) is 1.07. The van der Waals surface area contributed by atoms with Crippen LogP contribution in [0, 0.1) is 0 Å². The monoisotopic (exact) mass is 125 g/mol. The van der Waals surface area contributed by atoms with Gasteiger partial charge in [-0.05, 0) is 12.2 Å². The largest absolute Gasteiger partial charge is 0.397 e. The highest BCUT2D eigenvalue weighted by Crippen LogP contribution is 1.93. The third-order valence-corrected chi connectivity index (χ3v) is 1.00. The first-order chi connectivity index (χ1) is 3.79. The molecular weight excluding hydrogens is 120 g/mol. The second-order valence-corrected chi connectivity index (χ2v) is 1.85. The molecule has 1 rings (SSSR count). The summed E-state index contributed by atoms with van der Waals surface area (Å²) in [5.74, 6) is 0. The van der Waals surface area contributed by atoms with E-state index in [1.54, 1.807) is 18.4 Å². The number of hydrogen-bond acceptors (Lipinski definition) is 2. The Hall–Kier alpha value is -0.830. The van der Waals surface area contributed by atoms with E-state index in [0.717, 1.165) is 0 Å². The Morgan fingerprint density at radius 3 is 2.62 bits per heavy atom. The van der Waals surface area contributed by atoms with Gasteiger partial charge in [0.05, 0.1) is 11.9 Å². The lowest BCUT2D eigenvalue weighted by atomic mass is 10.3. The Kier molecular flexibility index (Phi) is 1.30. The Morgan fingerprint density at radius 2 is 2.25 bits per heavy atom. The molecule has 0 spiro atoms. The molecule has 0 atom stereocenters. The van der Waals surface area contributed by atoms with E-state index in [1.165, 1.54) is 0 Å². The van der Waals surface area contributed by atoms with Gasteiger partial charge in [0, 0.05) is 0 Å². The van der Waals surface area contributed by atoms with Crippen LogP contribution >= 0.6 is 12.2 Å². The first kappa shape index (κ1) is 5.31. The second-order valence-electron chi connectivity index (χ2n) is 1.43. The smallest absolute Gasteiger partial charge is 0.126 e. The van der Waals surface area contributed by atoms with Gasteiger partial charge in [-0.3, -0.25) is 0 Å². The highest BCUT2D eigenvalue weighted by molar-refractivity contribution is 7.80. The van der Waals surface area contributed by atoms with Crippen LogP contribution in [0.3, 0.4) is 0 Å². The summed E-state index contributed by atoms with van der Waals surface area (Å²) in [5.41, 5.74) is 5.97. The van der Waals surface area contributed by atoms with Crippen molar-refractivity contribution < 1.29 is 0 Å². The minimum Gasteiger partial charge on any atom is -0.397 e. The lowest BCUT2D eigenvalue weighted by Gasteiger charge is -1.99. The van der Waals surface area contributed by atoms with Crippen molar-refractivity contribution in [1.82, 2.24) is 5.32 Å².